The van der Waals surface area contributed by atoms with Gasteiger partial charge in [0.1, 0.15) is 5.02 Å². The SMILES string of the molecule is O=c1[nH]ncc(N[C@@H]2C[C@H]3CC[C@H]2O3)c1Cl. The second-order valence-electron chi connectivity index (χ2n) is 4.29. The summed E-state index contributed by atoms with van der Waals surface area (Å²) in [5.74, 6) is 0. The van der Waals surface area contributed by atoms with Crippen LogP contribution in [0.5, 0.6) is 0 Å². The summed E-state index contributed by atoms with van der Waals surface area (Å²) in [7, 11) is 0. The molecule has 3 rings (SSSR count). The van der Waals surface area contributed by atoms with Crippen LogP contribution in [0.2, 0.25) is 5.02 Å². The highest BCUT2D eigenvalue weighted by atomic mass is 35.5. The van der Waals surface area contributed by atoms with Gasteiger partial charge in [-0.25, -0.2) is 5.10 Å². The van der Waals surface area contributed by atoms with Crippen molar-refractivity contribution < 1.29 is 4.74 Å². The van der Waals surface area contributed by atoms with Gasteiger partial charge in [-0.1, -0.05) is 11.6 Å². The number of halogens is 1. The minimum Gasteiger partial charge on any atom is -0.377 e. The largest absolute Gasteiger partial charge is 0.377 e. The fraction of sp³-hybridized carbons (Fsp3) is 0.600. The van der Waals surface area contributed by atoms with Crippen molar-refractivity contribution in [3.05, 3.63) is 21.6 Å². The highest BCUT2D eigenvalue weighted by Gasteiger charge is 2.40. The Balaban J connectivity index is 1.80. The lowest BCUT2D eigenvalue weighted by atomic mass is 9.95. The van der Waals surface area contributed by atoms with Crippen molar-refractivity contribution in [3.63, 3.8) is 0 Å². The molecule has 2 N–H and O–H groups in total. The van der Waals surface area contributed by atoms with E-state index in [4.69, 9.17) is 16.3 Å². The maximum atomic E-state index is 11.3. The topological polar surface area (TPSA) is 67.0 Å². The summed E-state index contributed by atoms with van der Waals surface area (Å²) >= 11 is 5.89. The first-order chi connectivity index (χ1) is 7.74. The van der Waals surface area contributed by atoms with Crippen LogP contribution < -0.4 is 10.9 Å². The van der Waals surface area contributed by atoms with Crippen molar-refractivity contribution >= 4 is 17.3 Å². The van der Waals surface area contributed by atoms with Crippen LogP contribution in [0, 0.1) is 0 Å². The molecule has 1 aromatic heterocycles. The molecule has 2 fully saturated rings. The molecular formula is C10H12ClN3O2. The summed E-state index contributed by atoms with van der Waals surface area (Å²) in [6, 6.07) is 0.250. The number of ether oxygens (including phenoxy) is 1. The zero-order valence-corrected chi connectivity index (χ0v) is 9.33. The third-order valence-electron chi connectivity index (χ3n) is 3.24. The minimum absolute atomic E-state index is 0.165. The molecule has 0 spiro atoms. The Morgan fingerprint density at radius 2 is 2.44 bits per heavy atom. The van der Waals surface area contributed by atoms with Crippen LogP contribution >= 0.6 is 11.6 Å². The van der Waals surface area contributed by atoms with Crippen molar-refractivity contribution in [1.82, 2.24) is 10.2 Å². The van der Waals surface area contributed by atoms with Crippen LogP contribution in [0.1, 0.15) is 19.3 Å². The van der Waals surface area contributed by atoms with Crippen LogP contribution in [-0.2, 0) is 4.74 Å². The molecule has 2 aliphatic heterocycles. The lowest BCUT2D eigenvalue weighted by molar-refractivity contribution is 0.102. The molecule has 0 unspecified atom stereocenters. The first-order valence-electron chi connectivity index (χ1n) is 5.39. The number of anilines is 1. The Bertz CT molecular complexity index is 462. The highest BCUT2D eigenvalue weighted by molar-refractivity contribution is 6.32. The number of H-pyrrole nitrogens is 1. The molecule has 2 saturated heterocycles. The summed E-state index contributed by atoms with van der Waals surface area (Å²) in [4.78, 5) is 11.3. The van der Waals surface area contributed by atoms with Crippen LogP contribution in [0.4, 0.5) is 5.69 Å². The van der Waals surface area contributed by atoms with E-state index in [0.29, 0.717) is 11.8 Å². The van der Waals surface area contributed by atoms with Gasteiger partial charge in [-0.15, -0.1) is 0 Å². The first-order valence-corrected chi connectivity index (χ1v) is 5.77. The fourth-order valence-corrected chi connectivity index (χ4v) is 2.62. The van der Waals surface area contributed by atoms with Crippen LogP contribution in [0.15, 0.2) is 11.0 Å². The summed E-state index contributed by atoms with van der Waals surface area (Å²) in [5.41, 5.74) is 0.224. The van der Waals surface area contributed by atoms with Gasteiger partial charge in [-0.05, 0) is 19.3 Å². The first kappa shape index (κ1) is 10.1. The highest BCUT2D eigenvalue weighted by Crippen LogP contribution is 2.36. The second-order valence-corrected chi connectivity index (χ2v) is 4.67. The molecule has 86 valence electrons. The van der Waals surface area contributed by atoms with Gasteiger partial charge >= 0.3 is 0 Å². The molecule has 1 aromatic rings. The van der Waals surface area contributed by atoms with Gasteiger partial charge in [0.25, 0.3) is 5.56 Å². The normalized spacial score (nSPS) is 31.9. The summed E-state index contributed by atoms with van der Waals surface area (Å²) in [5, 5.41) is 9.42. The van der Waals surface area contributed by atoms with Gasteiger partial charge in [0, 0.05) is 0 Å². The predicted molar refractivity (Wildman–Crippen MR) is 59.8 cm³/mol. The average molecular weight is 242 g/mol. The molecule has 3 heterocycles. The third kappa shape index (κ3) is 1.60. The molecular weight excluding hydrogens is 230 g/mol. The number of hydrogen-bond donors (Lipinski definition) is 2. The Morgan fingerprint density at radius 1 is 1.56 bits per heavy atom. The standard InChI is InChI=1S/C10H12ClN3O2/c11-9-7(4-12-14-10(9)15)13-6-3-5-1-2-8(6)16-5/h4-6,8H,1-3H2,(H2,13,14,15)/t5-,6-,8-/m1/s1. The van der Waals surface area contributed by atoms with E-state index in [-0.39, 0.29) is 22.7 Å². The molecule has 6 heteroatoms. The van der Waals surface area contributed by atoms with Crippen molar-refractivity contribution in [2.75, 3.05) is 5.32 Å². The number of aromatic nitrogens is 2. The molecule has 2 bridgehead atoms. The van der Waals surface area contributed by atoms with Crippen LogP contribution in [0.3, 0.4) is 0 Å². The zero-order valence-electron chi connectivity index (χ0n) is 8.57. The van der Waals surface area contributed by atoms with Crippen molar-refractivity contribution in [2.24, 2.45) is 0 Å². The van der Waals surface area contributed by atoms with E-state index in [2.05, 4.69) is 15.5 Å². The quantitative estimate of drug-likeness (QED) is 0.815. The van der Waals surface area contributed by atoms with E-state index in [0.717, 1.165) is 19.3 Å². The summed E-state index contributed by atoms with van der Waals surface area (Å²) in [6.07, 6.45) is 5.36. The van der Waals surface area contributed by atoms with E-state index in [1.54, 1.807) is 0 Å². The summed E-state index contributed by atoms with van der Waals surface area (Å²) in [6.45, 7) is 0. The zero-order chi connectivity index (χ0) is 11.1. The fourth-order valence-electron chi connectivity index (χ4n) is 2.47. The van der Waals surface area contributed by atoms with E-state index < -0.39 is 0 Å². The summed E-state index contributed by atoms with van der Waals surface area (Å²) < 4.78 is 5.72. The number of hydrogen-bond acceptors (Lipinski definition) is 4. The van der Waals surface area contributed by atoms with Crippen LogP contribution in [-0.4, -0.2) is 28.4 Å². The van der Waals surface area contributed by atoms with Crippen molar-refractivity contribution in [1.29, 1.82) is 0 Å². The molecule has 2 aliphatic rings. The number of nitrogens with zero attached hydrogens (tertiary/aromatic N) is 1. The van der Waals surface area contributed by atoms with Gasteiger partial charge in [-0.2, -0.15) is 5.10 Å². The predicted octanol–water partition coefficient (Wildman–Crippen LogP) is 1.16. The maximum absolute atomic E-state index is 11.3. The van der Waals surface area contributed by atoms with Gasteiger partial charge in [-0.3, -0.25) is 4.79 Å². The van der Waals surface area contributed by atoms with Crippen molar-refractivity contribution in [3.8, 4) is 0 Å². The number of rotatable bonds is 2. The van der Waals surface area contributed by atoms with E-state index >= 15 is 0 Å². The van der Waals surface area contributed by atoms with Crippen molar-refractivity contribution in [2.45, 2.75) is 37.5 Å². The lowest BCUT2D eigenvalue weighted by Gasteiger charge is -2.21. The molecule has 0 radical (unpaired) electrons. The third-order valence-corrected chi connectivity index (χ3v) is 3.62. The Labute approximate surface area is 97.1 Å². The smallest absolute Gasteiger partial charge is 0.285 e. The lowest BCUT2D eigenvalue weighted by Crippen LogP contribution is -2.31. The van der Waals surface area contributed by atoms with Gasteiger partial charge in [0.2, 0.25) is 0 Å². The molecule has 0 saturated carbocycles. The van der Waals surface area contributed by atoms with E-state index in [1.165, 1.54) is 6.20 Å². The number of nitrogens with one attached hydrogen (secondary N) is 2. The number of fused-ring (bicyclic) bond motifs is 2. The second kappa shape index (κ2) is 3.75. The molecule has 0 aromatic carbocycles. The molecule has 0 aliphatic carbocycles. The molecule has 0 amide bonds. The van der Waals surface area contributed by atoms with Gasteiger partial charge in [0.15, 0.2) is 0 Å². The van der Waals surface area contributed by atoms with Crippen LogP contribution in [0.25, 0.3) is 0 Å². The number of aromatic amines is 1. The molecule has 5 nitrogen and oxygen atoms in total. The minimum atomic E-state index is -0.365. The monoisotopic (exact) mass is 241 g/mol. The Kier molecular flexibility index (Phi) is 2.37. The molecule has 3 atom stereocenters. The average Bonchev–Trinajstić information content (AvgIpc) is 2.86. The maximum Gasteiger partial charge on any atom is 0.285 e. The Morgan fingerprint density at radius 3 is 3.12 bits per heavy atom. The Hall–Kier alpha value is -1.07. The molecule has 16 heavy (non-hydrogen) atoms. The van der Waals surface area contributed by atoms with Gasteiger partial charge < -0.3 is 10.1 Å². The van der Waals surface area contributed by atoms with Gasteiger partial charge in [0.05, 0.1) is 30.1 Å². The van der Waals surface area contributed by atoms with E-state index in [9.17, 15) is 4.79 Å². The van der Waals surface area contributed by atoms with E-state index in [1.807, 2.05) is 0 Å².